The van der Waals surface area contributed by atoms with Gasteiger partial charge in [-0.15, -0.1) is 0 Å². The average Bonchev–Trinajstić information content (AvgIpc) is 2.01. The predicted molar refractivity (Wildman–Crippen MR) is 61.4 cm³/mol. The van der Waals surface area contributed by atoms with Crippen LogP contribution in [0.5, 0.6) is 0 Å². The molecular formula is C13H26O. The first-order valence-electron chi connectivity index (χ1n) is 6.12. The Hall–Kier alpha value is -0.0400. The van der Waals surface area contributed by atoms with Gasteiger partial charge in [0.25, 0.3) is 0 Å². The van der Waals surface area contributed by atoms with Crippen molar-refractivity contribution in [1.29, 1.82) is 0 Å². The van der Waals surface area contributed by atoms with Crippen LogP contribution in [-0.2, 0) is 4.74 Å². The zero-order valence-corrected chi connectivity index (χ0v) is 10.3. The third kappa shape index (κ3) is 3.61. The van der Waals surface area contributed by atoms with Gasteiger partial charge in [-0.25, -0.2) is 0 Å². The summed E-state index contributed by atoms with van der Waals surface area (Å²) in [7, 11) is 0. The van der Waals surface area contributed by atoms with E-state index in [0.29, 0.717) is 5.41 Å². The van der Waals surface area contributed by atoms with Crippen molar-refractivity contribution in [2.75, 3.05) is 13.2 Å². The largest absolute Gasteiger partial charge is 0.380 e. The van der Waals surface area contributed by atoms with E-state index in [1.807, 2.05) is 0 Å². The molecule has 0 spiro atoms. The molecule has 0 aromatic heterocycles. The zero-order valence-electron chi connectivity index (χ0n) is 10.3. The molecule has 1 fully saturated rings. The molecule has 1 nitrogen and oxygen atoms in total. The molecule has 0 amide bonds. The Balaban J connectivity index is 2.26. The van der Waals surface area contributed by atoms with E-state index in [-0.39, 0.29) is 0 Å². The van der Waals surface area contributed by atoms with E-state index in [2.05, 4.69) is 27.7 Å². The fraction of sp³-hybridized carbons (Fsp3) is 1.00. The summed E-state index contributed by atoms with van der Waals surface area (Å²) in [5, 5.41) is 0. The molecule has 0 unspecified atom stereocenters. The normalized spacial score (nSPS) is 20.1. The van der Waals surface area contributed by atoms with Crippen LogP contribution >= 0.6 is 0 Å². The van der Waals surface area contributed by atoms with Gasteiger partial charge in [-0.2, -0.15) is 0 Å². The van der Waals surface area contributed by atoms with Gasteiger partial charge in [-0.1, -0.05) is 40.5 Å². The highest BCUT2D eigenvalue weighted by molar-refractivity contribution is 4.85. The van der Waals surface area contributed by atoms with Crippen LogP contribution in [0.25, 0.3) is 0 Å². The fourth-order valence-corrected chi connectivity index (χ4v) is 1.99. The van der Waals surface area contributed by atoms with Gasteiger partial charge in [-0.3, -0.25) is 0 Å². The van der Waals surface area contributed by atoms with Crippen LogP contribution in [0, 0.1) is 17.3 Å². The van der Waals surface area contributed by atoms with E-state index in [9.17, 15) is 0 Å². The number of rotatable bonds is 6. The van der Waals surface area contributed by atoms with E-state index < -0.39 is 0 Å². The molecule has 0 aromatic rings. The zero-order chi connectivity index (χ0) is 10.6. The monoisotopic (exact) mass is 198 g/mol. The maximum Gasteiger partial charge on any atom is 0.0544 e. The van der Waals surface area contributed by atoms with E-state index in [0.717, 1.165) is 25.0 Å². The lowest BCUT2D eigenvalue weighted by atomic mass is 9.75. The smallest absolute Gasteiger partial charge is 0.0544 e. The molecule has 1 rings (SSSR count). The third-order valence-corrected chi connectivity index (χ3v) is 3.32. The van der Waals surface area contributed by atoms with Crippen molar-refractivity contribution < 1.29 is 4.74 Å². The molecule has 0 N–H and O–H groups in total. The lowest BCUT2D eigenvalue weighted by molar-refractivity contribution is -0.125. The molecule has 0 radical (unpaired) electrons. The van der Waals surface area contributed by atoms with Gasteiger partial charge >= 0.3 is 0 Å². The van der Waals surface area contributed by atoms with Crippen molar-refractivity contribution in [1.82, 2.24) is 0 Å². The first kappa shape index (κ1) is 12.0. The summed E-state index contributed by atoms with van der Waals surface area (Å²) >= 11 is 0. The summed E-state index contributed by atoms with van der Waals surface area (Å²) in [4.78, 5) is 0. The summed E-state index contributed by atoms with van der Waals surface area (Å²) in [6.45, 7) is 11.3. The Kier molecular flexibility index (Phi) is 4.43. The van der Waals surface area contributed by atoms with Gasteiger partial charge in [0.05, 0.1) is 13.2 Å². The standard InChI is InChI=1S/C13H26O/c1-11(2)5-7-13(9-14-10-13)8-6-12(3)4/h11-12H,5-10H2,1-4H3. The van der Waals surface area contributed by atoms with E-state index >= 15 is 0 Å². The van der Waals surface area contributed by atoms with Gasteiger partial charge < -0.3 is 4.74 Å². The molecule has 1 aliphatic heterocycles. The highest BCUT2D eigenvalue weighted by Crippen LogP contribution is 2.39. The van der Waals surface area contributed by atoms with Crippen molar-refractivity contribution in [3.05, 3.63) is 0 Å². The first-order valence-corrected chi connectivity index (χ1v) is 6.12. The van der Waals surface area contributed by atoms with Gasteiger partial charge in [0.2, 0.25) is 0 Å². The second kappa shape index (κ2) is 5.16. The minimum Gasteiger partial charge on any atom is -0.380 e. The van der Waals surface area contributed by atoms with Crippen molar-refractivity contribution in [3.8, 4) is 0 Å². The summed E-state index contributed by atoms with van der Waals surface area (Å²) in [6, 6.07) is 0. The van der Waals surface area contributed by atoms with Crippen LogP contribution in [-0.4, -0.2) is 13.2 Å². The molecule has 1 heterocycles. The lowest BCUT2D eigenvalue weighted by Crippen LogP contribution is -2.42. The van der Waals surface area contributed by atoms with E-state index in [1.165, 1.54) is 25.7 Å². The molecule has 0 atom stereocenters. The minimum absolute atomic E-state index is 0.564. The Morgan fingerprint density at radius 1 is 0.929 bits per heavy atom. The van der Waals surface area contributed by atoms with Crippen molar-refractivity contribution in [2.24, 2.45) is 17.3 Å². The molecule has 0 saturated carbocycles. The maximum atomic E-state index is 5.40. The van der Waals surface area contributed by atoms with Gasteiger partial charge in [0, 0.05) is 5.41 Å². The Bertz CT molecular complexity index is 143. The van der Waals surface area contributed by atoms with Crippen LogP contribution in [0.1, 0.15) is 53.4 Å². The molecule has 14 heavy (non-hydrogen) atoms. The second-order valence-corrected chi connectivity index (χ2v) is 5.86. The van der Waals surface area contributed by atoms with Crippen molar-refractivity contribution in [2.45, 2.75) is 53.4 Å². The van der Waals surface area contributed by atoms with Crippen LogP contribution < -0.4 is 0 Å². The average molecular weight is 198 g/mol. The molecule has 84 valence electrons. The molecule has 0 aromatic carbocycles. The third-order valence-electron chi connectivity index (χ3n) is 3.32. The SMILES string of the molecule is CC(C)CCC1(CCC(C)C)COC1. The van der Waals surface area contributed by atoms with E-state index in [4.69, 9.17) is 4.74 Å². The summed E-state index contributed by atoms with van der Waals surface area (Å²) in [5.41, 5.74) is 0.564. The van der Waals surface area contributed by atoms with Gasteiger partial charge in [0.1, 0.15) is 0 Å². The highest BCUT2D eigenvalue weighted by atomic mass is 16.5. The second-order valence-electron chi connectivity index (χ2n) is 5.86. The van der Waals surface area contributed by atoms with Crippen molar-refractivity contribution in [3.63, 3.8) is 0 Å². The van der Waals surface area contributed by atoms with Crippen molar-refractivity contribution >= 4 is 0 Å². The lowest BCUT2D eigenvalue weighted by Gasteiger charge is -2.42. The van der Waals surface area contributed by atoms with Crippen LogP contribution in [0.4, 0.5) is 0 Å². The number of ether oxygens (including phenoxy) is 1. The number of hydrogen-bond acceptors (Lipinski definition) is 1. The summed E-state index contributed by atoms with van der Waals surface area (Å²) < 4.78 is 5.40. The molecular weight excluding hydrogens is 172 g/mol. The molecule has 0 bridgehead atoms. The Morgan fingerprint density at radius 2 is 1.36 bits per heavy atom. The highest BCUT2D eigenvalue weighted by Gasteiger charge is 2.37. The Labute approximate surface area is 89.2 Å². The summed E-state index contributed by atoms with van der Waals surface area (Å²) in [5.74, 6) is 1.68. The first-order chi connectivity index (χ1) is 6.54. The minimum atomic E-state index is 0.564. The van der Waals surface area contributed by atoms with Gasteiger partial charge in [0.15, 0.2) is 0 Å². The molecule has 1 heteroatoms. The molecule has 1 saturated heterocycles. The van der Waals surface area contributed by atoms with Crippen LogP contribution in [0.2, 0.25) is 0 Å². The predicted octanol–water partition coefficient (Wildman–Crippen LogP) is 3.88. The van der Waals surface area contributed by atoms with Crippen LogP contribution in [0.15, 0.2) is 0 Å². The van der Waals surface area contributed by atoms with Gasteiger partial charge in [-0.05, 0) is 24.7 Å². The van der Waals surface area contributed by atoms with Crippen LogP contribution in [0.3, 0.4) is 0 Å². The molecule has 0 aliphatic carbocycles. The molecule has 1 aliphatic rings. The maximum absolute atomic E-state index is 5.40. The number of hydrogen-bond donors (Lipinski definition) is 0. The summed E-state index contributed by atoms with van der Waals surface area (Å²) in [6.07, 6.45) is 5.47. The Morgan fingerprint density at radius 3 is 1.57 bits per heavy atom. The van der Waals surface area contributed by atoms with E-state index in [1.54, 1.807) is 0 Å². The quantitative estimate of drug-likeness (QED) is 0.629. The fourth-order valence-electron chi connectivity index (χ4n) is 1.99. The topological polar surface area (TPSA) is 9.23 Å².